The molecule has 1 saturated heterocycles. The van der Waals surface area contributed by atoms with Gasteiger partial charge in [-0.2, -0.15) is 0 Å². The zero-order valence-electron chi connectivity index (χ0n) is 14.4. The number of ether oxygens (including phenoxy) is 1. The van der Waals surface area contributed by atoms with Crippen LogP contribution < -0.4 is 9.46 Å². The fraction of sp³-hybridized carbons (Fsp3) is 0.647. The van der Waals surface area contributed by atoms with Gasteiger partial charge in [0.05, 0.1) is 12.0 Å². The van der Waals surface area contributed by atoms with Gasteiger partial charge in [-0.1, -0.05) is 13.3 Å². The molecule has 0 saturated carbocycles. The fourth-order valence-corrected chi connectivity index (χ4v) is 4.29. The minimum absolute atomic E-state index is 0.0321. The first kappa shape index (κ1) is 19.1. The van der Waals surface area contributed by atoms with Gasteiger partial charge in [0.25, 0.3) is 0 Å². The molecule has 136 valence electrons. The van der Waals surface area contributed by atoms with Gasteiger partial charge >= 0.3 is 0 Å². The molecule has 5 nitrogen and oxygen atoms in total. The molecule has 24 heavy (non-hydrogen) atoms. The van der Waals surface area contributed by atoms with Crippen LogP contribution in [0.3, 0.4) is 0 Å². The molecule has 7 heteroatoms. The van der Waals surface area contributed by atoms with E-state index in [1.165, 1.54) is 38.5 Å². The van der Waals surface area contributed by atoms with Gasteiger partial charge in [0.15, 0.2) is 11.6 Å². The topological polar surface area (TPSA) is 58.6 Å². The lowest BCUT2D eigenvalue weighted by Gasteiger charge is -2.35. The minimum Gasteiger partial charge on any atom is -0.494 e. The summed E-state index contributed by atoms with van der Waals surface area (Å²) in [5.74, 6) is -0.649. The van der Waals surface area contributed by atoms with Gasteiger partial charge in [-0.05, 0) is 57.0 Å². The van der Waals surface area contributed by atoms with Crippen molar-refractivity contribution in [1.29, 1.82) is 0 Å². The van der Waals surface area contributed by atoms with Crippen LogP contribution in [-0.2, 0) is 10.0 Å². The number of piperidine rings is 1. The third-order valence-electron chi connectivity index (χ3n) is 4.57. The summed E-state index contributed by atoms with van der Waals surface area (Å²) >= 11 is 0. The van der Waals surface area contributed by atoms with Crippen LogP contribution in [0.15, 0.2) is 23.1 Å². The zero-order valence-corrected chi connectivity index (χ0v) is 15.2. The van der Waals surface area contributed by atoms with E-state index in [-0.39, 0.29) is 10.6 Å². The largest absolute Gasteiger partial charge is 0.494 e. The number of benzene rings is 1. The van der Waals surface area contributed by atoms with E-state index in [1.807, 2.05) is 0 Å². The van der Waals surface area contributed by atoms with Crippen molar-refractivity contribution >= 4 is 10.0 Å². The maximum Gasteiger partial charge on any atom is 0.240 e. The van der Waals surface area contributed by atoms with E-state index in [4.69, 9.17) is 4.74 Å². The zero-order chi connectivity index (χ0) is 17.6. The molecule has 1 aromatic carbocycles. The predicted molar refractivity (Wildman–Crippen MR) is 92.3 cm³/mol. The first-order valence-electron chi connectivity index (χ1n) is 8.55. The van der Waals surface area contributed by atoms with Crippen LogP contribution in [0.4, 0.5) is 4.39 Å². The van der Waals surface area contributed by atoms with Crippen molar-refractivity contribution in [2.75, 3.05) is 26.7 Å². The SMILES string of the molecule is CC[C@H]1CCCCN1CCCNS(=O)(=O)c1ccc(OC)c(F)c1. The summed E-state index contributed by atoms with van der Waals surface area (Å²) < 4.78 is 45.5. The third kappa shape index (κ3) is 4.91. The number of rotatable bonds is 8. The predicted octanol–water partition coefficient (Wildman–Crippen LogP) is 2.77. The monoisotopic (exact) mass is 358 g/mol. The number of halogens is 1. The van der Waals surface area contributed by atoms with Crippen molar-refractivity contribution in [3.63, 3.8) is 0 Å². The van der Waals surface area contributed by atoms with E-state index in [2.05, 4.69) is 16.5 Å². The second-order valence-electron chi connectivity index (χ2n) is 6.14. The number of hydrogen-bond donors (Lipinski definition) is 1. The Bertz CT molecular complexity index is 637. The molecule has 1 N–H and O–H groups in total. The maximum atomic E-state index is 13.7. The summed E-state index contributed by atoms with van der Waals surface area (Å²) in [6.07, 6.45) is 5.61. The second-order valence-corrected chi connectivity index (χ2v) is 7.91. The molecular formula is C17H27FN2O3S. The average Bonchev–Trinajstić information content (AvgIpc) is 2.59. The van der Waals surface area contributed by atoms with Crippen LogP contribution in [0.25, 0.3) is 0 Å². The summed E-state index contributed by atoms with van der Waals surface area (Å²) in [6, 6.07) is 4.27. The Balaban J connectivity index is 1.85. The third-order valence-corrected chi connectivity index (χ3v) is 6.03. The molecule has 0 radical (unpaired) electrons. The first-order chi connectivity index (χ1) is 11.5. The van der Waals surface area contributed by atoms with Gasteiger partial charge in [0, 0.05) is 12.6 Å². The highest BCUT2D eigenvalue weighted by atomic mass is 32.2. The van der Waals surface area contributed by atoms with E-state index in [9.17, 15) is 12.8 Å². The number of hydrogen-bond acceptors (Lipinski definition) is 4. The molecule has 1 aromatic rings. The number of likely N-dealkylation sites (tertiary alicyclic amines) is 1. The Morgan fingerprint density at radius 2 is 2.17 bits per heavy atom. The highest BCUT2D eigenvalue weighted by molar-refractivity contribution is 7.89. The van der Waals surface area contributed by atoms with E-state index >= 15 is 0 Å². The Morgan fingerprint density at radius 1 is 1.38 bits per heavy atom. The van der Waals surface area contributed by atoms with E-state index < -0.39 is 15.8 Å². The normalized spacial score (nSPS) is 19.4. The molecule has 1 aliphatic rings. The molecule has 1 heterocycles. The van der Waals surface area contributed by atoms with E-state index in [1.54, 1.807) is 0 Å². The number of methoxy groups -OCH3 is 1. The molecule has 0 aromatic heterocycles. The average molecular weight is 358 g/mol. The van der Waals surface area contributed by atoms with Crippen LogP contribution in [0.1, 0.15) is 39.0 Å². The molecule has 0 bridgehead atoms. The molecule has 1 fully saturated rings. The van der Waals surface area contributed by atoms with Gasteiger partial charge in [-0.3, -0.25) is 0 Å². The number of nitrogens with one attached hydrogen (secondary N) is 1. The molecule has 0 amide bonds. The molecule has 1 atom stereocenters. The van der Waals surface area contributed by atoms with Gasteiger partial charge in [0.2, 0.25) is 10.0 Å². The maximum absolute atomic E-state index is 13.7. The smallest absolute Gasteiger partial charge is 0.240 e. The summed E-state index contributed by atoms with van der Waals surface area (Å²) in [7, 11) is -2.35. The van der Waals surface area contributed by atoms with Crippen LogP contribution >= 0.6 is 0 Å². The first-order valence-corrected chi connectivity index (χ1v) is 10.0. The van der Waals surface area contributed by atoms with E-state index in [0.29, 0.717) is 12.6 Å². The summed E-state index contributed by atoms with van der Waals surface area (Å²) in [5, 5.41) is 0. The van der Waals surface area contributed by atoms with Crippen molar-refractivity contribution in [3.8, 4) is 5.75 Å². The second kappa shape index (κ2) is 8.78. The Morgan fingerprint density at radius 3 is 2.83 bits per heavy atom. The quantitative estimate of drug-likeness (QED) is 0.726. The number of sulfonamides is 1. The van der Waals surface area contributed by atoms with Crippen molar-refractivity contribution < 1.29 is 17.5 Å². The van der Waals surface area contributed by atoms with Crippen LogP contribution in [-0.4, -0.2) is 46.1 Å². The highest BCUT2D eigenvalue weighted by Gasteiger charge is 2.20. The minimum atomic E-state index is -3.69. The lowest BCUT2D eigenvalue weighted by Crippen LogP contribution is -2.40. The fourth-order valence-electron chi connectivity index (χ4n) is 3.20. The van der Waals surface area contributed by atoms with Gasteiger partial charge in [-0.15, -0.1) is 0 Å². The number of nitrogens with zero attached hydrogens (tertiary/aromatic N) is 1. The van der Waals surface area contributed by atoms with Gasteiger partial charge in [0.1, 0.15) is 0 Å². The molecule has 0 aliphatic carbocycles. The Hall–Kier alpha value is -1.18. The Labute approximate surface area is 144 Å². The van der Waals surface area contributed by atoms with Crippen molar-refractivity contribution in [1.82, 2.24) is 9.62 Å². The lowest BCUT2D eigenvalue weighted by atomic mass is 10.00. The summed E-state index contributed by atoms with van der Waals surface area (Å²) in [5.41, 5.74) is 0. The van der Waals surface area contributed by atoms with Crippen LogP contribution in [0.5, 0.6) is 5.75 Å². The van der Waals surface area contributed by atoms with Crippen molar-refractivity contribution in [2.45, 2.75) is 50.0 Å². The van der Waals surface area contributed by atoms with Gasteiger partial charge in [-0.25, -0.2) is 17.5 Å². The molecule has 0 unspecified atom stereocenters. The molecular weight excluding hydrogens is 331 g/mol. The van der Waals surface area contributed by atoms with Crippen LogP contribution in [0, 0.1) is 5.82 Å². The van der Waals surface area contributed by atoms with E-state index in [0.717, 1.165) is 32.0 Å². The standard InChI is InChI=1S/C17H27FN2O3S/c1-3-14-7-4-5-11-20(14)12-6-10-19-24(21,22)15-8-9-17(23-2)16(18)13-15/h8-9,13-14,19H,3-7,10-12H2,1-2H3/t14-/m0/s1. The molecule has 1 aliphatic heterocycles. The summed E-state index contributed by atoms with van der Waals surface area (Å²) in [4.78, 5) is 2.37. The lowest BCUT2D eigenvalue weighted by molar-refractivity contribution is 0.143. The van der Waals surface area contributed by atoms with Gasteiger partial charge < -0.3 is 9.64 Å². The van der Waals surface area contributed by atoms with Crippen molar-refractivity contribution in [3.05, 3.63) is 24.0 Å². The molecule has 0 spiro atoms. The van der Waals surface area contributed by atoms with Crippen molar-refractivity contribution in [2.24, 2.45) is 0 Å². The van der Waals surface area contributed by atoms with Crippen LogP contribution in [0.2, 0.25) is 0 Å². The Kier molecular flexibility index (Phi) is 7.01. The highest BCUT2D eigenvalue weighted by Crippen LogP contribution is 2.21. The molecule has 2 rings (SSSR count). The summed E-state index contributed by atoms with van der Waals surface area (Å²) in [6.45, 7) is 4.53.